The Kier molecular flexibility index (Phi) is 3.97. The first-order valence-electron chi connectivity index (χ1n) is 4.60. The number of carbonyl (C=O) groups is 1. The summed E-state index contributed by atoms with van der Waals surface area (Å²) in [5.74, 6) is 1.58. The smallest absolute Gasteiger partial charge is 0.164 e. The molecule has 0 amide bonds. The summed E-state index contributed by atoms with van der Waals surface area (Å²) in [4.78, 5) is 10.7. The van der Waals surface area contributed by atoms with Crippen LogP contribution in [0.25, 0.3) is 0 Å². The molecular formula is C11H14O4. The molecule has 0 radical (unpaired) electrons. The first-order valence-corrected chi connectivity index (χ1v) is 4.60. The highest BCUT2D eigenvalue weighted by Gasteiger charge is 2.11. The molecule has 0 saturated carbocycles. The maximum absolute atomic E-state index is 10.7. The Morgan fingerprint density at radius 3 is 2.27 bits per heavy atom. The monoisotopic (exact) mass is 210 g/mol. The van der Waals surface area contributed by atoms with Gasteiger partial charge >= 0.3 is 0 Å². The van der Waals surface area contributed by atoms with Gasteiger partial charge in [0.15, 0.2) is 17.8 Å². The molecule has 0 aliphatic carbocycles. The molecule has 1 aromatic carbocycles. The van der Waals surface area contributed by atoms with Crippen molar-refractivity contribution in [3.8, 4) is 17.2 Å². The second-order valence-corrected chi connectivity index (χ2v) is 2.80. The third-order valence-corrected chi connectivity index (χ3v) is 1.94. The summed E-state index contributed by atoms with van der Waals surface area (Å²) in [6, 6.07) is 3.24. The molecule has 4 nitrogen and oxygen atoms in total. The number of aldehydes is 1. The van der Waals surface area contributed by atoms with Crippen molar-refractivity contribution in [2.24, 2.45) is 0 Å². The Hall–Kier alpha value is -1.71. The highest BCUT2D eigenvalue weighted by atomic mass is 16.5. The van der Waals surface area contributed by atoms with Crippen LogP contribution in [-0.2, 0) is 0 Å². The molecule has 0 aliphatic rings. The molecular weight excluding hydrogens is 196 g/mol. The van der Waals surface area contributed by atoms with Crippen LogP contribution in [0.5, 0.6) is 17.2 Å². The zero-order valence-electron chi connectivity index (χ0n) is 9.07. The maximum atomic E-state index is 10.7. The molecule has 82 valence electrons. The summed E-state index contributed by atoms with van der Waals surface area (Å²) in [5, 5.41) is 0. The molecule has 0 aliphatic heterocycles. The molecule has 1 rings (SSSR count). The average Bonchev–Trinajstić information content (AvgIpc) is 2.28. The molecule has 0 unspecified atom stereocenters. The molecule has 0 spiro atoms. The van der Waals surface area contributed by atoms with Crippen LogP contribution in [0.15, 0.2) is 12.1 Å². The fourth-order valence-corrected chi connectivity index (χ4v) is 1.25. The minimum Gasteiger partial charge on any atom is -0.496 e. The quantitative estimate of drug-likeness (QED) is 0.696. The number of rotatable bonds is 5. The number of carbonyl (C=O) groups excluding carboxylic acids is 1. The lowest BCUT2D eigenvalue weighted by Crippen LogP contribution is -1.98. The Labute approximate surface area is 88.8 Å². The zero-order chi connectivity index (χ0) is 11.3. The van der Waals surface area contributed by atoms with Gasteiger partial charge in [-0.05, 0) is 13.0 Å². The molecule has 0 fully saturated rings. The van der Waals surface area contributed by atoms with Crippen molar-refractivity contribution in [3.05, 3.63) is 17.7 Å². The van der Waals surface area contributed by atoms with Crippen LogP contribution in [0.1, 0.15) is 17.3 Å². The van der Waals surface area contributed by atoms with Gasteiger partial charge in [-0.2, -0.15) is 0 Å². The van der Waals surface area contributed by atoms with Crippen LogP contribution in [0.4, 0.5) is 0 Å². The highest BCUT2D eigenvalue weighted by molar-refractivity contribution is 5.81. The number of ether oxygens (including phenoxy) is 3. The highest BCUT2D eigenvalue weighted by Crippen LogP contribution is 2.33. The lowest BCUT2D eigenvalue weighted by Gasteiger charge is -2.12. The summed E-state index contributed by atoms with van der Waals surface area (Å²) >= 11 is 0. The van der Waals surface area contributed by atoms with E-state index in [0.717, 1.165) is 6.29 Å². The average molecular weight is 210 g/mol. The van der Waals surface area contributed by atoms with E-state index in [1.54, 1.807) is 12.1 Å². The lowest BCUT2D eigenvalue weighted by atomic mass is 10.2. The third kappa shape index (κ3) is 2.40. The van der Waals surface area contributed by atoms with Crippen molar-refractivity contribution in [2.75, 3.05) is 20.8 Å². The SMILES string of the molecule is CCOc1cc(OC)c(C=O)cc1OC. The van der Waals surface area contributed by atoms with Crippen LogP contribution in [0, 0.1) is 0 Å². The van der Waals surface area contributed by atoms with Gasteiger partial charge in [-0.1, -0.05) is 0 Å². The van der Waals surface area contributed by atoms with Crippen molar-refractivity contribution < 1.29 is 19.0 Å². The fourth-order valence-electron chi connectivity index (χ4n) is 1.25. The van der Waals surface area contributed by atoms with Gasteiger partial charge in [0.1, 0.15) is 5.75 Å². The fraction of sp³-hybridized carbons (Fsp3) is 0.364. The van der Waals surface area contributed by atoms with E-state index in [1.165, 1.54) is 14.2 Å². The van der Waals surface area contributed by atoms with Gasteiger partial charge in [-0.3, -0.25) is 4.79 Å². The van der Waals surface area contributed by atoms with Crippen molar-refractivity contribution >= 4 is 6.29 Å². The minimum absolute atomic E-state index is 0.442. The van der Waals surface area contributed by atoms with E-state index in [0.29, 0.717) is 29.4 Å². The molecule has 0 aromatic heterocycles. The van der Waals surface area contributed by atoms with Crippen LogP contribution in [-0.4, -0.2) is 27.1 Å². The Bertz CT molecular complexity index is 347. The van der Waals surface area contributed by atoms with E-state index in [4.69, 9.17) is 14.2 Å². The van der Waals surface area contributed by atoms with E-state index < -0.39 is 0 Å². The van der Waals surface area contributed by atoms with Crippen LogP contribution >= 0.6 is 0 Å². The van der Waals surface area contributed by atoms with Crippen LogP contribution < -0.4 is 14.2 Å². The molecule has 0 saturated heterocycles. The van der Waals surface area contributed by atoms with Gasteiger partial charge in [0.25, 0.3) is 0 Å². The molecule has 4 heteroatoms. The molecule has 15 heavy (non-hydrogen) atoms. The largest absolute Gasteiger partial charge is 0.496 e. The predicted octanol–water partition coefficient (Wildman–Crippen LogP) is 1.91. The number of methoxy groups -OCH3 is 2. The molecule has 0 atom stereocenters. The number of hydrogen-bond acceptors (Lipinski definition) is 4. The van der Waals surface area contributed by atoms with Gasteiger partial charge in [0, 0.05) is 6.07 Å². The van der Waals surface area contributed by atoms with Crippen molar-refractivity contribution in [2.45, 2.75) is 6.92 Å². The van der Waals surface area contributed by atoms with Gasteiger partial charge in [0.2, 0.25) is 0 Å². The van der Waals surface area contributed by atoms with Gasteiger partial charge < -0.3 is 14.2 Å². The van der Waals surface area contributed by atoms with Gasteiger partial charge in [-0.15, -0.1) is 0 Å². The van der Waals surface area contributed by atoms with E-state index in [9.17, 15) is 4.79 Å². The van der Waals surface area contributed by atoms with Crippen molar-refractivity contribution in [3.63, 3.8) is 0 Å². The second kappa shape index (κ2) is 5.24. The van der Waals surface area contributed by atoms with Crippen LogP contribution in [0.3, 0.4) is 0 Å². The summed E-state index contributed by atoms with van der Waals surface area (Å²) < 4.78 is 15.5. The summed E-state index contributed by atoms with van der Waals surface area (Å²) in [7, 11) is 3.03. The first kappa shape index (κ1) is 11.4. The first-order chi connectivity index (χ1) is 7.26. The third-order valence-electron chi connectivity index (χ3n) is 1.94. The summed E-state index contributed by atoms with van der Waals surface area (Å²) in [6.07, 6.45) is 0.719. The zero-order valence-corrected chi connectivity index (χ0v) is 9.07. The van der Waals surface area contributed by atoms with E-state index >= 15 is 0 Å². The molecule has 1 aromatic rings. The minimum atomic E-state index is 0.442. The Morgan fingerprint density at radius 2 is 1.80 bits per heavy atom. The Morgan fingerprint density at radius 1 is 1.13 bits per heavy atom. The van der Waals surface area contributed by atoms with Gasteiger partial charge in [0.05, 0.1) is 26.4 Å². The van der Waals surface area contributed by atoms with Crippen molar-refractivity contribution in [1.29, 1.82) is 0 Å². The molecule has 0 heterocycles. The lowest BCUT2D eigenvalue weighted by molar-refractivity contribution is 0.112. The van der Waals surface area contributed by atoms with Crippen LogP contribution in [0.2, 0.25) is 0 Å². The van der Waals surface area contributed by atoms with E-state index in [1.807, 2.05) is 6.92 Å². The van der Waals surface area contributed by atoms with Gasteiger partial charge in [-0.25, -0.2) is 0 Å². The number of benzene rings is 1. The summed E-state index contributed by atoms with van der Waals surface area (Å²) in [6.45, 7) is 2.40. The van der Waals surface area contributed by atoms with E-state index in [2.05, 4.69) is 0 Å². The molecule has 0 N–H and O–H groups in total. The number of hydrogen-bond donors (Lipinski definition) is 0. The maximum Gasteiger partial charge on any atom is 0.164 e. The van der Waals surface area contributed by atoms with E-state index in [-0.39, 0.29) is 0 Å². The van der Waals surface area contributed by atoms with Crippen molar-refractivity contribution in [1.82, 2.24) is 0 Å². The molecule has 0 bridgehead atoms. The predicted molar refractivity (Wildman–Crippen MR) is 56.1 cm³/mol. The normalized spacial score (nSPS) is 9.53. The topological polar surface area (TPSA) is 44.8 Å². The summed E-state index contributed by atoms with van der Waals surface area (Å²) in [5.41, 5.74) is 0.442. The second-order valence-electron chi connectivity index (χ2n) is 2.80. The standard InChI is InChI=1S/C11H14O4/c1-4-15-11-6-9(13-2)8(7-12)5-10(11)14-3/h5-7H,4H2,1-3H3. The Balaban J connectivity index is 3.20.